The molecule has 170 valence electrons. The van der Waals surface area contributed by atoms with Gasteiger partial charge < -0.3 is 25.4 Å². The molecule has 2 fully saturated rings. The summed E-state index contributed by atoms with van der Waals surface area (Å²) in [6, 6.07) is 11.0. The first kappa shape index (κ1) is 25.4. The molecule has 7 heteroatoms. The molecule has 0 amide bonds. The Morgan fingerprint density at radius 2 is 2.00 bits per heavy atom. The Balaban J connectivity index is 0.00000320. The average Bonchev–Trinajstić information content (AvgIpc) is 3.43. The molecule has 0 radical (unpaired) electrons. The van der Waals surface area contributed by atoms with Gasteiger partial charge in [-0.2, -0.15) is 0 Å². The zero-order chi connectivity index (χ0) is 20.4. The molecule has 2 unspecified atom stereocenters. The second-order valence-electron chi connectivity index (χ2n) is 8.33. The van der Waals surface area contributed by atoms with Gasteiger partial charge in [0.15, 0.2) is 5.96 Å². The quantitative estimate of drug-likeness (QED) is 0.187. The van der Waals surface area contributed by atoms with Crippen molar-refractivity contribution in [2.75, 3.05) is 40.0 Å². The smallest absolute Gasteiger partial charge is 0.191 e. The van der Waals surface area contributed by atoms with Crippen LogP contribution in [0.2, 0.25) is 0 Å². The molecule has 1 aromatic carbocycles. The Morgan fingerprint density at radius 1 is 1.23 bits per heavy atom. The van der Waals surface area contributed by atoms with Gasteiger partial charge in [0.25, 0.3) is 0 Å². The van der Waals surface area contributed by atoms with Crippen molar-refractivity contribution in [3.63, 3.8) is 0 Å². The minimum atomic E-state index is 0. The standard InChI is InChI=1S/C23H38N4O2.HI/c1-19(20-9-4-3-5-10-20)27-23(12-6-7-13-23)18-26-22(24-2)25-14-8-15-29-21-11-16-28-17-21;/h3-5,9-10,19,21,27H,6-8,11-18H2,1-2H3,(H2,24,25,26);1H. The molecule has 1 aliphatic carbocycles. The van der Waals surface area contributed by atoms with Gasteiger partial charge in [-0.3, -0.25) is 4.99 Å². The van der Waals surface area contributed by atoms with Crippen molar-refractivity contribution in [1.29, 1.82) is 0 Å². The van der Waals surface area contributed by atoms with E-state index in [1.54, 1.807) is 0 Å². The molecule has 3 rings (SSSR count). The van der Waals surface area contributed by atoms with Crippen LogP contribution in [-0.2, 0) is 9.47 Å². The highest BCUT2D eigenvalue weighted by Crippen LogP contribution is 2.31. The minimum absolute atomic E-state index is 0. The maximum Gasteiger partial charge on any atom is 0.191 e. The molecular weight excluding hydrogens is 491 g/mol. The highest BCUT2D eigenvalue weighted by atomic mass is 127. The summed E-state index contributed by atoms with van der Waals surface area (Å²) < 4.78 is 11.2. The monoisotopic (exact) mass is 530 g/mol. The SMILES string of the molecule is CN=C(NCCCOC1CCOC1)NCC1(NC(C)c2ccccc2)CCCC1.I. The van der Waals surface area contributed by atoms with E-state index in [-0.39, 0.29) is 35.6 Å². The van der Waals surface area contributed by atoms with Gasteiger partial charge in [0.1, 0.15) is 0 Å². The Bertz CT molecular complexity index is 617. The highest BCUT2D eigenvalue weighted by molar-refractivity contribution is 14.0. The lowest BCUT2D eigenvalue weighted by atomic mass is 9.94. The van der Waals surface area contributed by atoms with Crippen LogP contribution in [0.3, 0.4) is 0 Å². The van der Waals surface area contributed by atoms with Crippen LogP contribution in [0.15, 0.2) is 35.3 Å². The van der Waals surface area contributed by atoms with Crippen LogP contribution in [-0.4, -0.2) is 57.6 Å². The van der Waals surface area contributed by atoms with Crippen LogP contribution in [0.5, 0.6) is 0 Å². The van der Waals surface area contributed by atoms with Gasteiger partial charge in [-0.25, -0.2) is 0 Å². The van der Waals surface area contributed by atoms with E-state index in [2.05, 4.69) is 58.2 Å². The Morgan fingerprint density at radius 3 is 2.67 bits per heavy atom. The number of guanidine groups is 1. The number of nitrogens with zero attached hydrogens (tertiary/aromatic N) is 1. The molecule has 2 atom stereocenters. The maximum absolute atomic E-state index is 5.83. The lowest BCUT2D eigenvalue weighted by molar-refractivity contribution is 0.0420. The van der Waals surface area contributed by atoms with Crippen LogP contribution >= 0.6 is 24.0 Å². The summed E-state index contributed by atoms with van der Waals surface area (Å²) in [5.74, 6) is 0.870. The van der Waals surface area contributed by atoms with Crippen molar-refractivity contribution in [1.82, 2.24) is 16.0 Å². The predicted octanol–water partition coefficient (Wildman–Crippen LogP) is 3.63. The lowest BCUT2D eigenvalue weighted by Crippen LogP contribution is -2.54. The van der Waals surface area contributed by atoms with Gasteiger partial charge in [-0.1, -0.05) is 43.2 Å². The van der Waals surface area contributed by atoms with Gasteiger partial charge in [0.05, 0.1) is 12.7 Å². The number of nitrogens with one attached hydrogen (secondary N) is 3. The van der Waals surface area contributed by atoms with Crippen molar-refractivity contribution in [3.05, 3.63) is 35.9 Å². The molecule has 1 heterocycles. The van der Waals surface area contributed by atoms with E-state index in [0.29, 0.717) is 6.04 Å². The molecule has 0 aromatic heterocycles. The number of halogens is 1. The molecule has 1 saturated carbocycles. The van der Waals surface area contributed by atoms with E-state index in [4.69, 9.17) is 9.47 Å². The Labute approximate surface area is 199 Å². The first-order valence-corrected chi connectivity index (χ1v) is 11.2. The van der Waals surface area contributed by atoms with Gasteiger partial charge in [-0.15, -0.1) is 24.0 Å². The molecule has 2 aliphatic rings. The van der Waals surface area contributed by atoms with E-state index < -0.39 is 0 Å². The van der Waals surface area contributed by atoms with Crippen LogP contribution in [0.1, 0.15) is 57.1 Å². The Kier molecular flexibility index (Phi) is 11.4. The summed E-state index contributed by atoms with van der Waals surface area (Å²) in [4.78, 5) is 4.40. The summed E-state index contributed by atoms with van der Waals surface area (Å²) in [6.07, 6.45) is 7.23. The highest BCUT2D eigenvalue weighted by Gasteiger charge is 2.35. The fraction of sp³-hybridized carbons (Fsp3) is 0.696. The first-order chi connectivity index (χ1) is 14.2. The number of hydrogen-bond donors (Lipinski definition) is 3. The van der Waals surface area contributed by atoms with Crippen molar-refractivity contribution >= 4 is 29.9 Å². The van der Waals surface area contributed by atoms with Gasteiger partial charge >= 0.3 is 0 Å². The van der Waals surface area contributed by atoms with Crippen LogP contribution in [0, 0.1) is 0 Å². The fourth-order valence-corrected chi connectivity index (χ4v) is 4.36. The summed E-state index contributed by atoms with van der Waals surface area (Å²) in [6.45, 7) is 6.34. The van der Waals surface area contributed by atoms with E-state index in [1.165, 1.54) is 31.2 Å². The maximum atomic E-state index is 5.83. The topological polar surface area (TPSA) is 66.9 Å². The summed E-state index contributed by atoms with van der Waals surface area (Å²) in [5, 5.41) is 10.9. The number of benzene rings is 1. The zero-order valence-corrected chi connectivity index (χ0v) is 20.8. The van der Waals surface area contributed by atoms with Crippen molar-refractivity contribution in [2.45, 2.75) is 63.1 Å². The third-order valence-electron chi connectivity index (χ3n) is 6.06. The molecule has 6 nitrogen and oxygen atoms in total. The molecule has 1 aliphatic heterocycles. The van der Waals surface area contributed by atoms with Crippen molar-refractivity contribution in [2.24, 2.45) is 4.99 Å². The van der Waals surface area contributed by atoms with E-state index in [1.807, 2.05) is 7.05 Å². The van der Waals surface area contributed by atoms with Crippen LogP contribution < -0.4 is 16.0 Å². The van der Waals surface area contributed by atoms with Gasteiger partial charge in [0, 0.05) is 44.9 Å². The summed E-state index contributed by atoms with van der Waals surface area (Å²) >= 11 is 0. The molecule has 1 aromatic rings. The molecule has 0 bridgehead atoms. The largest absolute Gasteiger partial charge is 0.379 e. The number of ether oxygens (including phenoxy) is 2. The van der Waals surface area contributed by atoms with Gasteiger partial charge in [-0.05, 0) is 38.2 Å². The van der Waals surface area contributed by atoms with Crippen molar-refractivity contribution < 1.29 is 9.47 Å². The summed E-state index contributed by atoms with van der Waals surface area (Å²) in [7, 11) is 1.84. The van der Waals surface area contributed by atoms with Crippen LogP contribution in [0.25, 0.3) is 0 Å². The molecule has 1 saturated heterocycles. The minimum Gasteiger partial charge on any atom is -0.379 e. The third kappa shape index (κ3) is 7.98. The van der Waals surface area contributed by atoms with E-state index in [9.17, 15) is 0 Å². The lowest BCUT2D eigenvalue weighted by Gasteiger charge is -2.35. The van der Waals surface area contributed by atoms with Crippen LogP contribution in [0.4, 0.5) is 0 Å². The van der Waals surface area contributed by atoms with Crippen molar-refractivity contribution in [3.8, 4) is 0 Å². The predicted molar refractivity (Wildman–Crippen MR) is 134 cm³/mol. The van der Waals surface area contributed by atoms with E-state index in [0.717, 1.165) is 51.7 Å². The second kappa shape index (κ2) is 13.5. The Hall–Kier alpha value is -0.900. The summed E-state index contributed by atoms with van der Waals surface area (Å²) in [5.41, 5.74) is 1.47. The third-order valence-corrected chi connectivity index (χ3v) is 6.06. The molecular formula is C23H39IN4O2. The number of aliphatic imine (C=N–C) groups is 1. The normalized spacial score (nSPS) is 21.8. The van der Waals surface area contributed by atoms with Gasteiger partial charge in [0.2, 0.25) is 0 Å². The first-order valence-electron chi connectivity index (χ1n) is 11.2. The molecule has 30 heavy (non-hydrogen) atoms. The molecule has 3 N–H and O–H groups in total. The van der Waals surface area contributed by atoms with E-state index >= 15 is 0 Å². The second-order valence-corrected chi connectivity index (χ2v) is 8.33. The molecule has 0 spiro atoms. The average molecular weight is 530 g/mol. The fourth-order valence-electron chi connectivity index (χ4n) is 4.36. The number of rotatable bonds is 10. The zero-order valence-electron chi connectivity index (χ0n) is 18.5. The number of hydrogen-bond acceptors (Lipinski definition) is 4.